The first kappa shape index (κ1) is 18.2. The van der Waals surface area contributed by atoms with Crippen LogP contribution in [-0.2, 0) is 20.8 Å². The van der Waals surface area contributed by atoms with Crippen LogP contribution in [0.1, 0.15) is 0 Å². The number of rotatable bonds is 0. The van der Waals surface area contributed by atoms with E-state index in [1.54, 1.807) is 0 Å². The summed E-state index contributed by atoms with van der Waals surface area (Å²) < 4.78 is 64.4. The zero-order valence-corrected chi connectivity index (χ0v) is 9.96. The summed E-state index contributed by atoms with van der Waals surface area (Å²) in [6.07, 6.45) is 0. The van der Waals surface area contributed by atoms with Crippen molar-refractivity contribution in [3.8, 4) is 0 Å². The third-order valence-corrected chi connectivity index (χ3v) is 0. The molecule has 8 nitrogen and oxygen atoms in total. The smallest absolute Gasteiger partial charge is 0.726 e. The van der Waals surface area contributed by atoms with Gasteiger partial charge >= 0.3 is 61.8 Å². The predicted molar refractivity (Wildman–Crippen MR) is 26.5 cm³/mol. The molecule has 0 aliphatic heterocycles. The molecule has 0 atom stereocenters. The van der Waals surface area contributed by atoms with Crippen LogP contribution < -0.4 is 51.4 Å². The quantitative estimate of drug-likeness (QED) is 0.215. The number of hydrogen-bond acceptors (Lipinski definition) is 5. The Morgan fingerprint density at radius 2 is 0.909 bits per heavy atom. The minimum Gasteiger partial charge on any atom is -0.726 e. The molecule has 0 heterocycles. The third-order valence-electron chi connectivity index (χ3n) is 0. The first-order valence-corrected chi connectivity index (χ1v) is 4.14. The second kappa shape index (κ2) is 6.85. The Labute approximate surface area is 106 Å². The van der Waals surface area contributed by atoms with Gasteiger partial charge in [0.15, 0.2) is 0 Å². The molecule has 11 heteroatoms. The normalized spacial score (nSPS) is 10.5. The predicted octanol–water partition coefficient (Wildman–Crippen LogP) is -4.64. The van der Waals surface area contributed by atoms with Gasteiger partial charge in [0, 0.05) is 0 Å². The van der Waals surface area contributed by atoms with Crippen LogP contribution in [0.5, 0.6) is 0 Å². The van der Waals surface area contributed by atoms with Gasteiger partial charge < -0.3 is 4.55 Å². The first-order chi connectivity index (χ1) is 4.00. The fourth-order valence-electron chi connectivity index (χ4n) is 0. The third kappa shape index (κ3) is 528. The Morgan fingerprint density at radius 3 is 0.909 bits per heavy atom. The second-order valence-electron chi connectivity index (χ2n) is 0.876. The Morgan fingerprint density at radius 1 is 0.909 bits per heavy atom. The van der Waals surface area contributed by atoms with Crippen molar-refractivity contribution in [2.45, 2.75) is 0 Å². The standard InChI is InChI=1S/K.2H2O4S/c;2*1-5(2,3)4/h;2*(H2,1,2,3,4)/q+1;;/p-1. The van der Waals surface area contributed by atoms with Crippen molar-refractivity contribution in [1.29, 1.82) is 0 Å². The van der Waals surface area contributed by atoms with E-state index in [9.17, 15) is 0 Å². The molecule has 0 aromatic rings. The van der Waals surface area contributed by atoms with E-state index in [1.807, 2.05) is 0 Å². The van der Waals surface area contributed by atoms with Crippen LogP contribution in [0, 0.1) is 0 Å². The van der Waals surface area contributed by atoms with Gasteiger partial charge in [0.25, 0.3) is 0 Å². The molecule has 0 bridgehead atoms. The van der Waals surface area contributed by atoms with Gasteiger partial charge in [0.2, 0.25) is 10.4 Å². The maximum atomic E-state index is 8.74. The fraction of sp³-hybridized carbons (Fsp3) is 0. The molecule has 3 N–H and O–H groups in total. The van der Waals surface area contributed by atoms with Gasteiger partial charge in [-0.2, -0.15) is 8.42 Å². The molecular formula is H3KO8S2. The van der Waals surface area contributed by atoms with Crippen LogP contribution in [0.2, 0.25) is 0 Å². The van der Waals surface area contributed by atoms with Crippen molar-refractivity contribution < 1.29 is 86.4 Å². The molecule has 0 aromatic heterocycles. The van der Waals surface area contributed by atoms with Crippen molar-refractivity contribution in [2.24, 2.45) is 0 Å². The van der Waals surface area contributed by atoms with E-state index in [1.165, 1.54) is 0 Å². The minimum absolute atomic E-state index is 0. The van der Waals surface area contributed by atoms with Gasteiger partial charge in [0.05, 0.1) is 0 Å². The molecule has 0 aromatic carbocycles. The van der Waals surface area contributed by atoms with Gasteiger partial charge in [-0.15, -0.1) is 0 Å². The van der Waals surface area contributed by atoms with Crippen LogP contribution >= 0.6 is 0 Å². The fourth-order valence-corrected chi connectivity index (χ4v) is 0. The zero-order chi connectivity index (χ0) is 9.00. The van der Waals surface area contributed by atoms with E-state index in [0.29, 0.717) is 0 Å². The average Bonchev–Trinajstić information content (AvgIpc) is 1.12. The Bertz CT molecular complexity index is 208. The molecule has 0 spiro atoms. The van der Waals surface area contributed by atoms with Gasteiger partial charge in [-0.1, -0.05) is 0 Å². The molecule has 0 unspecified atom stereocenters. The van der Waals surface area contributed by atoms with Crippen molar-refractivity contribution in [3.05, 3.63) is 0 Å². The molecule has 0 fully saturated rings. The van der Waals surface area contributed by atoms with Crippen LogP contribution in [0.3, 0.4) is 0 Å². The minimum atomic E-state index is -4.92. The largest absolute Gasteiger partial charge is 1.00 e. The van der Waals surface area contributed by atoms with E-state index < -0.39 is 20.8 Å². The Balaban J connectivity index is -0.000000107. The Kier molecular flexibility index (Phi) is 11.3. The van der Waals surface area contributed by atoms with E-state index in [-0.39, 0.29) is 51.4 Å². The summed E-state index contributed by atoms with van der Waals surface area (Å²) in [5, 5.41) is 0. The number of hydrogen-bond donors (Lipinski definition) is 3. The van der Waals surface area contributed by atoms with Crippen molar-refractivity contribution >= 4 is 20.8 Å². The van der Waals surface area contributed by atoms with E-state index in [4.69, 9.17) is 35.0 Å². The monoisotopic (exact) mass is 234 g/mol. The van der Waals surface area contributed by atoms with Crippen LogP contribution in [0.25, 0.3) is 0 Å². The summed E-state index contributed by atoms with van der Waals surface area (Å²) in [5.41, 5.74) is 0. The molecule has 64 valence electrons. The summed E-state index contributed by atoms with van der Waals surface area (Å²) in [7, 11) is -9.58. The van der Waals surface area contributed by atoms with Crippen molar-refractivity contribution in [3.63, 3.8) is 0 Å². The molecule has 0 rings (SSSR count). The van der Waals surface area contributed by atoms with Gasteiger partial charge in [-0.3, -0.25) is 13.7 Å². The second-order valence-corrected chi connectivity index (χ2v) is 2.63. The van der Waals surface area contributed by atoms with Gasteiger partial charge in [-0.25, -0.2) is 8.42 Å². The summed E-state index contributed by atoms with van der Waals surface area (Å²) >= 11 is 0. The van der Waals surface area contributed by atoms with Crippen LogP contribution in [-0.4, -0.2) is 35.0 Å². The van der Waals surface area contributed by atoms with E-state index >= 15 is 0 Å². The molecule has 0 saturated carbocycles. The zero-order valence-electron chi connectivity index (χ0n) is 5.20. The molecule has 0 radical (unpaired) electrons. The van der Waals surface area contributed by atoms with Crippen molar-refractivity contribution in [2.75, 3.05) is 0 Å². The van der Waals surface area contributed by atoms with E-state index in [0.717, 1.165) is 0 Å². The molecule has 0 aliphatic rings. The van der Waals surface area contributed by atoms with Crippen LogP contribution in [0.4, 0.5) is 0 Å². The Hall–Kier alpha value is 1.38. The van der Waals surface area contributed by atoms with Crippen molar-refractivity contribution in [1.82, 2.24) is 0 Å². The maximum Gasteiger partial charge on any atom is 1.00 e. The molecule has 11 heavy (non-hydrogen) atoms. The van der Waals surface area contributed by atoms with Gasteiger partial charge in [0.1, 0.15) is 0 Å². The molecule has 0 saturated heterocycles. The SMILES string of the molecule is O=S(=O)(O)O.O=S(=O)([O-])O.[K+]. The summed E-state index contributed by atoms with van der Waals surface area (Å²) in [6, 6.07) is 0. The maximum absolute atomic E-state index is 8.74. The molecular weight excluding hydrogens is 231 g/mol. The summed E-state index contributed by atoms with van der Waals surface area (Å²) in [5.74, 6) is 0. The first-order valence-electron chi connectivity index (χ1n) is 1.38. The summed E-state index contributed by atoms with van der Waals surface area (Å²) in [4.78, 5) is 0. The van der Waals surface area contributed by atoms with E-state index in [2.05, 4.69) is 0 Å². The average molecular weight is 234 g/mol. The van der Waals surface area contributed by atoms with Gasteiger partial charge in [-0.05, 0) is 0 Å². The molecule has 0 amide bonds. The topological polar surface area (TPSA) is 152 Å². The van der Waals surface area contributed by atoms with Crippen LogP contribution in [0.15, 0.2) is 0 Å². The molecule has 0 aliphatic carbocycles. The summed E-state index contributed by atoms with van der Waals surface area (Å²) in [6.45, 7) is 0.